The van der Waals surface area contributed by atoms with E-state index in [0.29, 0.717) is 16.8 Å². The zero-order valence-electron chi connectivity index (χ0n) is 14.6. The van der Waals surface area contributed by atoms with Gasteiger partial charge in [0.25, 0.3) is 0 Å². The van der Waals surface area contributed by atoms with Crippen LogP contribution in [0.5, 0.6) is 0 Å². The van der Waals surface area contributed by atoms with Crippen molar-refractivity contribution in [1.82, 2.24) is 10.2 Å². The first kappa shape index (κ1) is 17.9. The van der Waals surface area contributed by atoms with Crippen molar-refractivity contribution >= 4 is 23.6 Å². The first-order valence-electron chi connectivity index (χ1n) is 8.30. The molecule has 0 saturated heterocycles. The van der Waals surface area contributed by atoms with Gasteiger partial charge in [-0.25, -0.2) is 4.79 Å². The molecule has 0 amide bonds. The van der Waals surface area contributed by atoms with E-state index in [9.17, 15) is 10.1 Å². The molecule has 0 saturated carbocycles. The highest BCUT2D eigenvalue weighted by molar-refractivity contribution is 5.94. The van der Waals surface area contributed by atoms with Gasteiger partial charge in [0.1, 0.15) is 17.3 Å². The first-order chi connectivity index (χ1) is 13.2. The minimum absolute atomic E-state index is 0.0252. The molecule has 0 radical (unpaired) electrons. The van der Waals surface area contributed by atoms with Crippen molar-refractivity contribution in [3.63, 3.8) is 0 Å². The molecule has 0 fully saturated rings. The molecule has 0 aliphatic carbocycles. The van der Waals surface area contributed by atoms with E-state index < -0.39 is 5.97 Å². The Hall–Kier alpha value is -3.92. The number of benzene rings is 2. The van der Waals surface area contributed by atoms with E-state index in [1.54, 1.807) is 19.1 Å². The van der Waals surface area contributed by atoms with Crippen LogP contribution in [0.2, 0.25) is 0 Å². The molecule has 27 heavy (non-hydrogen) atoms. The molecule has 0 aliphatic rings. The molecule has 1 heterocycles. The number of para-hydroxylation sites is 1. The van der Waals surface area contributed by atoms with E-state index in [0.717, 1.165) is 11.4 Å². The fourth-order valence-corrected chi connectivity index (χ4v) is 2.63. The Morgan fingerprint density at radius 3 is 2.78 bits per heavy atom. The number of hydrogen-bond acceptors (Lipinski definition) is 6. The van der Waals surface area contributed by atoms with E-state index in [1.807, 2.05) is 42.5 Å². The van der Waals surface area contributed by atoms with Crippen LogP contribution in [0.15, 0.2) is 48.5 Å². The summed E-state index contributed by atoms with van der Waals surface area (Å²) in [5.74, 6) is -0.623. The molecule has 2 aromatic carbocycles. The summed E-state index contributed by atoms with van der Waals surface area (Å²) in [6, 6.07) is 16.9. The van der Waals surface area contributed by atoms with Crippen molar-refractivity contribution in [3.8, 4) is 17.3 Å². The summed E-state index contributed by atoms with van der Waals surface area (Å²) in [5, 5.41) is 27.1. The standard InChI is InChI=1S/C20H17N5O2/c1-2-27-20(26)19-16(12-22)18(24-25-19)13-8-9-17(14(10-13)11-21)23-15-6-4-3-5-7-15/h3-11,21,23H,2H2,1H3,(H,24,25). The second-order valence-electron chi connectivity index (χ2n) is 5.59. The molecule has 7 nitrogen and oxygen atoms in total. The Morgan fingerprint density at radius 2 is 2.11 bits per heavy atom. The van der Waals surface area contributed by atoms with Gasteiger partial charge in [0.2, 0.25) is 0 Å². The zero-order valence-corrected chi connectivity index (χ0v) is 14.6. The lowest BCUT2D eigenvalue weighted by Gasteiger charge is -2.10. The average molecular weight is 359 g/mol. The van der Waals surface area contributed by atoms with Crippen LogP contribution in [-0.2, 0) is 4.74 Å². The number of nitrogens with zero attached hydrogens (tertiary/aromatic N) is 2. The van der Waals surface area contributed by atoms with Crippen molar-refractivity contribution in [2.24, 2.45) is 0 Å². The van der Waals surface area contributed by atoms with Crippen molar-refractivity contribution in [2.45, 2.75) is 6.92 Å². The number of carbonyl (C=O) groups is 1. The second kappa shape index (κ2) is 7.97. The van der Waals surface area contributed by atoms with Gasteiger partial charge in [0.05, 0.1) is 6.61 Å². The summed E-state index contributed by atoms with van der Waals surface area (Å²) in [5.41, 5.74) is 3.38. The SMILES string of the molecule is CCOC(=O)c1[nH]nc(-c2ccc(Nc3ccccc3)c(C=N)c2)c1C#N. The van der Waals surface area contributed by atoms with Gasteiger partial charge >= 0.3 is 5.97 Å². The molecule has 7 heteroatoms. The van der Waals surface area contributed by atoms with Crippen molar-refractivity contribution in [2.75, 3.05) is 11.9 Å². The molecule has 0 atom stereocenters. The van der Waals surface area contributed by atoms with Crippen LogP contribution in [0, 0.1) is 16.7 Å². The van der Waals surface area contributed by atoms with Crippen LogP contribution < -0.4 is 5.32 Å². The van der Waals surface area contributed by atoms with Crippen LogP contribution in [-0.4, -0.2) is 29.0 Å². The summed E-state index contributed by atoms with van der Waals surface area (Å²) < 4.78 is 4.94. The van der Waals surface area contributed by atoms with E-state index >= 15 is 0 Å². The maximum Gasteiger partial charge on any atom is 0.357 e. The van der Waals surface area contributed by atoms with Gasteiger partial charge in [-0.3, -0.25) is 5.10 Å². The summed E-state index contributed by atoms with van der Waals surface area (Å²) in [6.45, 7) is 1.89. The van der Waals surface area contributed by atoms with Crippen LogP contribution in [0.4, 0.5) is 11.4 Å². The quantitative estimate of drug-likeness (QED) is 0.456. The number of ether oxygens (including phenoxy) is 1. The third kappa shape index (κ3) is 3.70. The number of anilines is 2. The van der Waals surface area contributed by atoms with Gasteiger partial charge in [-0.1, -0.05) is 24.3 Å². The van der Waals surface area contributed by atoms with Gasteiger partial charge in [-0.15, -0.1) is 0 Å². The molecule has 0 bridgehead atoms. The fourth-order valence-electron chi connectivity index (χ4n) is 2.63. The summed E-state index contributed by atoms with van der Waals surface area (Å²) in [6.07, 6.45) is 1.22. The predicted molar refractivity (Wildman–Crippen MR) is 102 cm³/mol. The largest absolute Gasteiger partial charge is 0.461 e. The highest BCUT2D eigenvalue weighted by atomic mass is 16.5. The smallest absolute Gasteiger partial charge is 0.357 e. The summed E-state index contributed by atoms with van der Waals surface area (Å²) in [7, 11) is 0. The number of carbonyl (C=O) groups excluding carboxylic acids is 1. The van der Waals surface area contributed by atoms with Crippen LogP contribution in [0.25, 0.3) is 11.3 Å². The average Bonchev–Trinajstić information content (AvgIpc) is 3.13. The van der Waals surface area contributed by atoms with Gasteiger partial charge in [0, 0.05) is 28.7 Å². The Kier molecular flexibility index (Phi) is 5.28. The maximum atomic E-state index is 12.0. The number of nitrogens with one attached hydrogen (secondary N) is 3. The molecule has 3 N–H and O–H groups in total. The fraction of sp³-hybridized carbons (Fsp3) is 0.100. The van der Waals surface area contributed by atoms with Crippen molar-refractivity contribution in [1.29, 1.82) is 10.7 Å². The number of esters is 1. The highest BCUT2D eigenvalue weighted by Crippen LogP contribution is 2.28. The van der Waals surface area contributed by atoms with Crippen molar-refractivity contribution < 1.29 is 9.53 Å². The molecule has 1 aromatic heterocycles. The lowest BCUT2D eigenvalue weighted by molar-refractivity contribution is 0.0519. The van der Waals surface area contributed by atoms with Gasteiger partial charge in [-0.05, 0) is 31.2 Å². The number of rotatable bonds is 6. The lowest BCUT2D eigenvalue weighted by Crippen LogP contribution is -2.07. The number of aromatic nitrogens is 2. The number of aromatic amines is 1. The normalized spacial score (nSPS) is 10.1. The van der Waals surface area contributed by atoms with Crippen LogP contribution >= 0.6 is 0 Å². The third-order valence-corrected chi connectivity index (χ3v) is 3.89. The topological polar surface area (TPSA) is 115 Å². The predicted octanol–water partition coefficient (Wildman–Crippen LogP) is 3.87. The first-order valence-corrected chi connectivity index (χ1v) is 8.30. The van der Waals surface area contributed by atoms with Gasteiger partial charge in [-0.2, -0.15) is 10.4 Å². The van der Waals surface area contributed by atoms with Gasteiger partial charge < -0.3 is 15.5 Å². The maximum absolute atomic E-state index is 12.0. The van der Waals surface area contributed by atoms with E-state index in [1.165, 1.54) is 6.21 Å². The van der Waals surface area contributed by atoms with Gasteiger partial charge in [0.15, 0.2) is 5.69 Å². The molecule has 3 aromatic rings. The number of hydrogen-bond donors (Lipinski definition) is 3. The summed E-state index contributed by atoms with van der Waals surface area (Å²) in [4.78, 5) is 12.0. The molecule has 134 valence electrons. The third-order valence-electron chi connectivity index (χ3n) is 3.89. The van der Waals surface area contributed by atoms with Crippen LogP contribution in [0.3, 0.4) is 0 Å². The lowest BCUT2D eigenvalue weighted by atomic mass is 10.0. The summed E-state index contributed by atoms with van der Waals surface area (Å²) >= 11 is 0. The number of nitriles is 1. The molecular weight excluding hydrogens is 342 g/mol. The Bertz CT molecular complexity index is 1020. The second-order valence-corrected chi connectivity index (χ2v) is 5.59. The number of H-pyrrole nitrogens is 1. The Morgan fingerprint density at radius 1 is 1.33 bits per heavy atom. The van der Waals surface area contributed by atoms with Crippen molar-refractivity contribution in [3.05, 3.63) is 65.4 Å². The molecule has 0 spiro atoms. The molecular formula is C20H17N5O2. The highest BCUT2D eigenvalue weighted by Gasteiger charge is 2.21. The van der Waals surface area contributed by atoms with E-state index in [2.05, 4.69) is 15.5 Å². The van der Waals surface area contributed by atoms with E-state index in [4.69, 9.17) is 10.1 Å². The molecule has 0 unspecified atom stereocenters. The zero-order chi connectivity index (χ0) is 19.2. The molecule has 3 rings (SSSR count). The minimum atomic E-state index is -0.623. The monoisotopic (exact) mass is 359 g/mol. The minimum Gasteiger partial charge on any atom is -0.461 e. The molecule has 0 aliphatic heterocycles. The van der Waals surface area contributed by atoms with E-state index in [-0.39, 0.29) is 17.9 Å². The Labute approximate surface area is 156 Å². The Balaban J connectivity index is 1.98. The van der Waals surface area contributed by atoms with Crippen LogP contribution in [0.1, 0.15) is 28.5 Å².